The Labute approximate surface area is 183 Å². The minimum absolute atomic E-state index is 0. The number of nitrogens with zero attached hydrogens (tertiary/aromatic N) is 3. The molecule has 0 saturated carbocycles. The van der Waals surface area contributed by atoms with Crippen LogP contribution in [-0.4, -0.2) is 26.7 Å². The number of aromatic nitrogens is 3. The van der Waals surface area contributed by atoms with Crippen LogP contribution in [0.4, 0.5) is 5.82 Å². The molecular weight excluding hydrogens is 454 g/mol. The van der Waals surface area contributed by atoms with Crippen molar-refractivity contribution in [3.63, 3.8) is 0 Å². The standard InChI is InChI=1S/C17H12Cl3N5O2.ClH/c18-10-3-1-9(2-4-10)15(26)13-11(19)5-8(6-12(13)20)7-25-16(21)14(17(22)27)23-24-25;/h1-6H,7,21H2,(H2,22,27);1H/i1+1,2+1,3+1,4+1,7D2,9+1,10+1;. The van der Waals surface area contributed by atoms with Gasteiger partial charge in [0.25, 0.3) is 5.91 Å². The van der Waals surface area contributed by atoms with Crippen molar-refractivity contribution >= 4 is 64.7 Å². The lowest BCUT2D eigenvalue weighted by Crippen LogP contribution is -2.15. The molecule has 0 radical (unpaired) electrons. The van der Waals surface area contributed by atoms with Gasteiger partial charge < -0.3 is 11.5 Å². The molecule has 11 heteroatoms. The predicted molar refractivity (Wildman–Crippen MR) is 111 cm³/mol. The molecule has 0 spiro atoms. The molecule has 3 aromatic rings. The zero-order chi connectivity index (χ0) is 21.5. The second-order valence-corrected chi connectivity index (χ2v) is 6.61. The van der Waals surface area contributed by atoms with Crippen LogP contribution in [0.3, 0.4) is 0 Å². The summed E-state index contributed by atoms with van der Waals surface area (Å²) in [6, 6.07) is 8.59. The highest BCUT2D eigenvalue weighted by Crippen LogP contribution is 2.30. The Balaban J connectivity index is 0.00000320. The average Bonchev–Trinajstić information content (AvgIpc) is 3.04. The normalized spacial score (nSPS) is 12.0. The monoisotopic (exact) mass is 467 g/mol. The first kappa shape index (κ1) is 19.0. The second kappa shape index (κ2) is 8.79. The van der Waals surface area contributed by atoms with Crippen LogP contribution < -0.4 is 11.5 Å². The van der Waals surface area contributed by atoms with E-state index in [2.05, 4.69) is 10.3 Å². The van der Waals surface area contributed by atoms with Crippen LogP contribution in [0, 0.1) is 0 Å². The third-order valence-corrected chi connectivity index (χ3v) is 4.40. The van der Waals surface area contributed by atoms with E-state index in [9.17, 15) is 9.59 Å². The molecule has 2 aromatic carbocycles. The molecule has 1 amide bonds. The molecule has 28 heavy (non-hydrogen) atoms. The van der Waals surface area contributed by atoms with Gasteiger partial charge in [0.15, 0.2) is 17.3 Å². The lowest BCUT2D eigenvalue weighted by molar-refractivity contribution is 0.0994. The molecule has 0 aliphatic carbocycles. The van der Waals surface area contributed by atoms with Crippen molar-refractivity contribution in [1.29, 1.82) is 0 Å². The second-order valence-electron chi connectivity index (χ2n) is 5.36. The number of nitrogens with two attached hydrogens (primary N) is 2. The van der Waals surface area contributed by atoms with Crippen molar-refractivity contribution in [2.75, 3.05) is 5.73 Å². The summed E-state index contributed by atoms with van der Waals surface area (Å²) in [5.74, 6) is -1.78. The number of primary amides is 1. The number of carbonyl (C=O) groups is 2. The summed E-state index contributed by atoms with van der Waals surface area (Å²) in [6.07, 6.45) is 0. The number of rotatable bonds is 5. The van der Waals surface area contributed by atoms with Crippen molar-refractivity contribution < 1.29 is 12.3 Å². The van der Waals surface area contributed by atoms with Gasteiger partial charge in [-0.2, -0.15) is 0 Å². The Hall–Kier alpha value is -2.32. The van der Waals surface area contributed by atoms with E-state index in [0.29, 0.717) is 15.3 Å². The molecule has 0 unspecified atom stereocenters. The first-order chi connectivity index (χ1) is 13.5. The summed E-state index contributed by atoms with van der Waals surface area (Å²) in [4.78, 5) is 24.1. The zero-order valence-corrected chi connectivity index (χ0v) is 16.9. The Morgan fingerprint density at radius 1 is 1.11 bits per heavy atom. The lowest BCUT2D eigenvalue weighted by Gasteiger charge is -2.10. The third-order valence-electron chi connectivity index (χ3n) is 3.55. The maximum atomic E-state index is 12.8. The Morgan fingerprint density at radius 3 is 2.18 bits per heavy atom. The molecule has 0 saturated heterocycles. The largest absolute Gasteiger partial charge is 0.382 e. The van der Waals surface area contributed by atoms with Gasteiger partial charge in [0.05, 0.1) is 24.8 Å². The van der Waals surface area contributed by atoms with Crippen LogP contribution in [0.5, 0.6) is 0 Å². The maximum Gasteiger partial charge on any atom is 0.273 e. The van der Waals surface area contributed by atoms with Crippen molar-refractivity contribution in [2.45, 2.75) is 6.50 Å². The van der Waals surface area contributed by atoms with Gasteiger partial charge >= 0.3 is 0 Å². The van der Waals surface area contributed by atoms with E-state index in [1.54, 1.807) is 12.1 Å². The van der Waals surface area contributed by atoms with Gasteiger partial charge in [0, 0.05) is 10.6 Å². The van der Waals surface area contributed by atoms with Crippen molar-refractivity contribution in [1.82, 2.24) is 15.0 Å². The summed E-state index contributed by atoms with van der Waals surface area (Å²) in [6.45, 7) is -2.39. The van der Waals surface area contributed by atoms with Crippen molar-refractivity contribution in [3.8, 4) is 0 Å². The van der Waals surface area contributed by atoms with Crippen LogP contribution in [0.25, 0.3) is 0 Å². The summed E-state index contributed by atoms with van der Waals surface area (Å²) < 4.78 is 17.4. The lowest BCUT2D eigenvalue weighted by atomic mass is 10.1. The van der Waals surface area contributed by atoms with E-state index < -0.39 is 18.2 Å². The smallest absolute Gasteiger partial charge is 0.273 e. The van der Waals surface area contributed by atoms with Crippen LogP contribution in [0.1, 0.15) is 34.7 Å². The topological polar surface area (TPSA) is 117 Å². The molecule has 3 rings (SSSR count). The molecule has 146 valence electrons. The van der Waals surface area contributed by atoms with Gasteiger partial charge in [-0.05, 0) is 42.0 Å². The Kier molecular flexibility index (Phi) is 5.97. The minimum atomic E-state index is -2.39. The van der Waals surface area contributed by atoms with Crippen LogP contribution >= 0.6 is 47.2 Å². The first-order valence-electron chi connectivity index (χ1n) is 8.35. The van der Waals surface area contributed by atoms with Gasteiger partial charge in [-0.1, -0.05) is 40.0 Å². The fourth-order valence-electron chi connectivity index (χ4n) is 2.27. The molecule has 0 fully saturated rings. The van der Waals surface area contributed by atoms with E-state index in [0.717, 1.165) is 0 Å². The van der Waals surface area contributed by atoms with E-state index in [1.165, 1.54) is 24.3 Å². The molecular formula is C17H13Cl4N5O2. The highest BCUT2D eigenvalue weighted by molar-refractivity contribution is 6.41. The van der Waals surface area contributed by atoms with Gasteiger partial charge in [-0.25, -0.2) is 4.68 Å². The fourth-order valence-corrected chi connectivity index (χ4v) is 3.05. The predicted octanol–water partition coefficient (Wildman–Crippen LogP) is 3.62. The summed E-state index contributed by atoms with van der Waals surface area (Å²) in [7, 11) is 0. The molecule has 4 N–H and O–H groups in total. The minimum Gasteiger partial charge on any atom is -0.382 e. The van der Waals surface area contributed by atoms with E-state index in [1.807, 2.05) is 0 Å². The molecule has 0 atom stereocenters. The van der Waals surface area contributed by atoms with E-state index in [-0.39, 0.29) is 45.1 Å². The van der Waals surface area contributed by atoms with Crippen molar-refractivity contribution in [2.24, 2.45) is 5.73 Å². The van der Waals surface area contributed by atoms with Crippen LogP contribution in [-0.2, 0) is 6.50 Å². The quantitative estimate of drug-likeness (QED) is 0.554. The number of nitrogen functional groups attached to an aromatic ring is 1. The number of hydrogen-bond donors (Lipinski definition) is 2. The molecule has 1 aromatic heterocycles. The van der Waals surface area contributed by atoms with E-state index >= 15 is 0 Å². The number of benzene rings is 2. The number of amides is 1. The highest BCUT2D eigenvalue weighted by Gasteiger charge is 2.19. The van der Waals surface area contributed by atoms with Gasteiger partial charge in [-0.15, -0.1) is 17.5 Å². The SMILES string of the molecule is Cl.[2H]C([2H])(c1cc(Cl)c(C(=O)[13c]2[13cH][13cH][13c](Cl)[13cH][13cH]2)c(Cl)c1)n1nnc(C(N)=O)c1N. The zero-order valence-electron chi connectivity index (χ0n) is 15.8. The van der Waals surface area contributed by atoms with E-state index in [4.69, 9.17) is 49.0 Å². The third kappa shape index (κ3) is 4.39. The number of hydrogen-bond acceptors (Lipinski definition) is 5. The molecule has 0 bridgehead atoms. The van der Waals surface area contributed by atoms with Crippen molar-refractivity contribution in [3.05, 3.63) is 73.9 Å². The highest BCUT2D eigenvalue weighted by atomic mass is 35.5. The number of carbonyl (C=O) groups excluding carboxylic acids is 2. The Bertz CT molecular complexity index is 1110. The number of anilines is 1. The Morgan fingerprint density at radius 2 is 1.68 bits per heavy atom. The van der Waals surface area contributed by atoms with Gasteiger partial charge in [-0.3, -0.25) is 9.59 Å². The summed E-state index contributed by atoms with van der Waals surface area (Å²) in [5, 5.41) is 7.35. The maximum absolute atomic E-state index is 12.8. The van der Waals surface area contributed by atoms with Crippen LogP contribution in [0.2, 0.25) is 15.1 Å². The molecule has 1 heterocycles. The summed E-state index contributed by atoms with van der Waals surface area (Å²) >= 11 is 18.3. The number of ketones is 1. The van der Waals surface area contributed by atoms with Gasteiger partial charge in [0.1, 0.15) is 0 Å². The fraction of sp³-hybridized carbons (Fsp3) is 0.0588. The number of halogens is 4. The molecule has 0 aliphatic heterocycles. The summed E-state index contributed by atoms with van der Waals surface area (Å²) in [5.41, 5.74) is 10.7. The average molecular weight is 469 g/mol. The van der Waals surface area contributed by atoms with Gasteiger partial charge in [0.2, 0.25) is 0 Å². The first-order valence-corrected chi connectivity index (χ1v) is 8.48. The molecule has 0 aliphatic rings. The van der Waals surface area contributed by atoms with Crippen LogP contribution in [0.15, 0.2) is 36.4 Å². The molecule has 7 nitrogen and oxygen atoms in total.